The van der Waals surface area contributed by atoms with Crippen LogP contribution in [0.1, 0.15) is 0 Å². The van der Waals surface area contributed by atoms with Crippen LogP contribution >= 0.6 is 15.9 Å². The highest BCUT2D eigenvalue weighted by Gasteiger charge is 2.00. The summed E-state index contributed by atoms with van der Waals surface area (Å²) in [6.07, 6.45) is 0. The molecule has 2 N–H and O–H groups in total. The van der Waals surface area contributed by atoms with E-state index < -0.39 is 0 Å². The van der Waals surface area contributed by atoms with Gasteiger partial charge in [-0.2, -0.15) is 0 Å². The first-order valence-corrected chi connectivity index (χ1v) is 3.70. The Bertz CT molecular complexity index is 237. The van der Waals surface area contributed by atoms with Crippen LogP contribution < -0.4 is 5.32 Å². The number of aromatic hydroxyl groups is 1. The zero-order valence-corrected chi connectivity index (χ0v) is 7.14. The Labute approximate surface area is 68.0 Å². The van der Waals surface area contributed by atoms with Crippen LogP contribution in [0, 0.1) is 0 Å². The molecule has 0 aliphatic rings. The molecule has 1 rings (SSSR count). The summed E-state index contributed by atoms with van der Waals surface area (Å²) >= 11 is 3.20. The first-order chi connectivity index (χ1) is 4.75. The minimum atomic E-state index is 0.255. The summed E-state index contributed by atoms with van der Waals surface area (Å²) in [5, 5.41) is 12.1. The number of anilines is 1. The van der Waals surface area contributed by atoms with Crippen LogP contribution in [-0.4, -0.2) is 12.2 Å². The topological polar surface area (TPSA) is 32.3 Å². The van der Waals surface area contributed by atoms with Crippen molar-refractivity contribution in [2.24, 2.45) is 0 Å². The number of halogens is 1. The number of rotatable bonds is 1. The second-order valence-electron chi connectivity index (χ2n) is 1.89. The van der Waals surface area contributed by atoms with Crippen molar-refractivity contribution in [3.63, 3.8) is 0 Å². The molecule has 0 aliphatic carbocycles. The van der Waals surface area contributed by atoms with E-state index in [2.05, 4.69) is 21.2 Å². The molecule has 0 bridgehead atoms. The normalized spacial score (nSPS) is 9.40. The molecule has 0 heterocycles. The quantitative estimate of drug-likeness (QED) is 0.684. The fourth-order valence-electron chi connectivity index (χ4n) is 0.717. The Morgan fingerprint density at radius 3 is 2.70 bits per heavy atom. The molecule has 0 aromatic heterocycles. The number of nitrogens with one attached hydrogen (secondary N) is 1. The maximum atomic E-state index is 9.29. The van der Waals surface area contributed by atoms with E-state index in [0.717, 1.165) is 5.69 Å². The molecule has 10 heavy (non-hydrogen) atoms. The molecule has 2 nitrogen and oxygen atoms in total. The van der Waals surface area contributed by atoms with Crippen molar-refractivity contribution in [3.8, 4) is 5.75 Å². The molecule has 0 saturated heterocycles. The standard InChI is InChI=1S/C7H8BrNO/c1-9-6-4-2-3-5(8)7(6)10/h2-4,9-10H,1H3. The van der Waals surface area contributed by atoms with E-state index in [9.17, 15) is 5.11 Å². The predicted octanol–water partition coefficient (Wildman–Crippen LogP) is 2.20. The van der Waals surface area contributed by atoms with Crippen molar-refractivity contribution in [2.45, 2.75) is 0 Å². The molecule has 0 saturated carbocycles. The van der Waals surface area contributed by atoms with Crippen molar-refractivity contribution >= 4 is 21.6 Å². The number of phenols is 1. The summed E-state index contributed by atoms with van der Waals surface area (Å²) in [6, 6.07) is 5.45. The maximum Gasteiger partial charge on any atom is 0.152 e. The molecule has 0 radical (unpaired) electrons. The second-order valence-corrected chi connectivity index (χ2v) is 2.74. The lowest BCUT2D eigenvalue weighted by Crippen LogP contribution is -1.87. The van der Waals surface area contributed by atoms with Gasteiger partial charge in [-0.15, -0.1) is 0 Å². The minimum Gasteiger partial charge on any atom is -0.505 e. The van der Waals surface area contributed by atoms with Crippen LogP contribution in [0.15, 0.2) is 22.7 Å². The monoisotopic (exact) mass is 201 g/mol. The van der Waals surface area contributed by atoms with Crippen molar-refractivity contribution in [1.29, 1.82) is 0 Å². The van der Waals surface area contributed by atoms with E-state index in [1.165, 1.54) is 0 Å². The summed E-state index contributed by atoms with van der Waals surface area (Å²) in [4.78, 5) is 0. The Kier molecular flexibility index (Phi) is 2.17. The van der Waals surface area contributed by atoms with Crippen LogP contribution in [0.4, 0.5) is 5.69 Å². The number of hydrogen-bond acceptors (Lipinski definition) is 2. The average molecular weight is 202 g/mol. The van der Waals surface area contributed by atoms with Crippen molar-refractivity contribution in [1.82, 2.24) is 0 Å². The largest absolute Gasteiger partial charge is 0.505 e. The molecule has 0 atom stereocenters. The average Bonchev–Trinajstić information content (AvgIpc) is 1.95. The highest BCUT2D eigenvalue weighted by atomic mass is 79.9. The molecule has 0 fully saturated rings. The number of benzene rings is 1. The van der Waals surface area contributed by atoms with Crippen LogP contribution in [0.25, 0.3) is 0 Å². The highest BCUT2D eigenvalue weighted by molar-refractivity contribution is 9.10. The van der Waals surface area contributed by atoms with Crippen LogP contribution in [-0.2, 0) is 0 Å². The lowest BCUT2D eigenvalue weighted by molar-refractivity contribution is 0.474. The zero-order valence-electron chi connectivity index (χ0n) is 5.56. The van der Waals surface area contributed by atoms with E-state index in [4.69, 9.17) is 0 Å². The van der Waals surface area contributed by atoms with E-state index in [0.29, 0.717) is 4.47 Å². The van der Waals surface area contributed by atoms with Crippen LogP contribution in [0.3, 0.4) is 0 Å². The Morgan fingerprint density at radius 1 is 1.50 bits per heavy atom. The SMILES string of the molecule is CNc1cccc(Br)c1O. The van der Waals surface area contributed by atoms with Gasteiger partial charge >= 0.3 is 0 Å². The molecule has 0 unspecified atom stereocenters. The van der Waals surface area contributed by atoms with E-state index in [-0.39, 0.29) is 5.75 Å². The van der Waals surface area contributed by atoms with Crippen molar-refractivity contribution in [2.75, 3.05) is 12.4 Å². The van der Waals surface area contributed by atoms with Gasteiger partial charge in [0.15, 0.2) is 5.75 Å². The lowest BCUT2D eigenvalue weighted by Gasteiger charge is -2.03. The van der Waals surface area contributed by atoms with Gasteiger partial charge in [0.05, 0.1) is 10.2 Å². The van der Waals surface area contributed by atoms with E-state index in [1.54, 1.807) is 19.2 Å². The third-order valence-corrected chi connectivity index (χ3v) is 1.90. The summed E-state index contributed by atoms with van der Waals surface area (Å²) in [6.45, 7) is 0. The van der Waals surface area contributed by atoms with Gasteiger partial charge < -0.3 is 10.4 Å². The van der Waals surface area contributed by atoms with Gasteiger partial charge in [-0.25, -0.2) is 0 Å². The molecule has 1 aromatic carbocycles. The van der Waals surface area contributed by atoms with Crippen LogP contribution in [0.2, 0.25) is 0 Å². The van der Waals surface area contributed by atoms with E-state index >= 15 is 0 Å². The van der Waals surface area contributed by atoms with Gasteiger partial charge in [-0.05, 0) is 28.1 Å². The summed E-state index contributed by atoms with van der Waals surface area (Å²) in [5.41, 5.74) is 0.731. The zero-order chi connectivity index (χ0) is 7.56. The third kappa shape index (κ3) is 1.24. The highest BCUT2D eigenvalue weighted by Crippen LogP contribution is 2.30. The minimum absolute atomic E-state index is 0.255. The summed E-state index contributed by atoms with van der Waals surface area (Å²) in [5.74, 6) is 0.255. The number of para-hydroxylation sites is 1. The van der Waals surface area contributed by atoms with Gasteiger partial charge in [-0.3, -0.25) is 0 Å². The summed E-state index contributed by atoms with van der Waals surface area (Å²) in [7, 11) is 1.77. The Morgan fingerprint density at radius 2 is 2.20 bits per heavy atom. The Hall–Kier alpha value is -0.700. The molecule has 0 amide bonds. The van der Waals surface area contributed by atoms with Crippen molar-refractivity contribution < 1.29 is 5.11 Å². The third-order valence-electron chi connectivity index (χ3n) is 1.26. The van der Waals surface area contributed by atoms with Gasteiger partial charge in [0.1, 0.15) is 0 Å². The predicted molar refractivity (Wildman–Crippen MR) is 45.4 cm³/mol. The molecule has 54 valence electrons. The Balaban J connectivity index is 3.14. The molecule has 0 spiro atoms. The first-order valence-electron chi connectivity index (χ1n) is 2.91. The molecule has 0 aliphatic heterocycles. The first kappa shape index (κ1) is 7.41. The fraction of sp³-hybridized carbons (Fsp3) is 0.143. The fourth-order valence-corrected chi connectivity index (χ4v) is 1.08. The molecule has 1 aromatic rings. The summed E-state index contributed by atoms with van der Waals surface area (Å²) < 4.78 is 0.708. The second kappa shape index (κ2) is 2.92. The van der Waals surface area contributed by atoms with Crippen LogP contribution in [0.5, 0.6) is 5.75 Å². The van der Waals surface area contributed by atoms with E-state index in [1.807, 2.05) is 6.07 Å². The van der Waals surface area contributed by atoms with Gasteiger partial charge in [0.2, 0.25) is 0 Å². The van der Waals surface area contributed by atoms with Gasteiger partial charge in [-0.1, -0.05) is 6.07 Å². The molecular formula is C7H8BrNO. The van der Waals surface area contributed by atoms with Gasteiger partial charge in [0.25, 0.3) is 0 Å². The number of hydrogen-bond donors (Lipinski definition) is 2. The number of phenolic OH excluding ortho intramolecular Hbond substituents is 1. The smallest absolute Gasteiger partial charge is 0.152 e. The molecular weight excluding hydrogens is 194 g/mol. The lowest BCUT2D eigenvalue weighted by atomic mass is 10.3. The molecule has 3 heteroatoms. The maximum absolute atomic E-state index is 9.29. The van der Waals surface area contributed by atoms with Gasteiger partial charge in [0, 0.05) is 7.05 Å². The van der Waals surface area contributed by atoms with Crippen molar-refractivity contribution in [3.05, 3.63) is 22.7 Å².